The van der Waals surface area contributed by atoms with Gasteiger partial charge in [-0.25, -0.2) is 9.37 Å². The minimum Gasteiger partial charge on any atom is -0.491 e. The highest BCUT2D eigenvalue weighted by atomic mass is 35.5. The topological polar surface area (TPSA) is 81.6 Å². The predicted octanol–water partition coefficient (Wildman–Crippen LogP) is 4.79. The summed E-state index contributed by atoms with van der Waals surface area (Å²) in [6, 6.07) is 7.33. The quantitative estimate of drug-likeness (QED) is 0.365. The third-order valence-corrected chi connectivity index (χ3v) is 6.34. The lowest BCUT2D eigenvalue weighted by atomic mass is 10.1. The molecule has 2 N–H and O–H groups in total. The lowest BCUT2D eigenvalue weighted by molar-refractivity contribution is -0.184. The zero-order valence-electron chi connectivity index (χ0n) is 19.4. The lowest BCUT2D eigenvalue weighted by Gasteiger charge is -2.30. The van der Waals surface area contributed by atoms with Gasteiger partial charge in [0.25, 0.3) is 0 Å². The van der Waals surface area contributed by atoms with Crippen LogP contribution in [0.5, 0.6) is 5.75 Å². The molecule has 0 spiro atoms. The minimum atomic E-state index is -4.47. The van der Waals surface area contributed by atoms with Crippen molar-refractivity contribution in [3.8, 4) is 17.3 Å². The summed E-state index contributed by atoms with van der Waals surface area (Å²) < 4.78 is 63.6. The monoisotopic (exact) mass is 524 g/mol. The zero-order chi connectivity index (χ0) is 24.7. The Hall–Kier alpha value is -3.02. The minimum absolute atomic E-state index is 0. The number of likely N-dealkylation sites (tertiary alicyclic amines) is 1. The molecule has 4 heterocycles. The number of alkyl halides is 3. The molecule has 36 heavy (non-hydrogen) atoms. The summed E-state index contributed by atoms with van der Waals surface area (Å²) >= 11 is 0. The van der Waals surface area contributed by atoms with E-state index in [-0.39, 0.29) is 35.5 Å². The van der Waals surface area contributed by atoms with Gasteiger partial charge in [-0.05, 0) is 56.1 Å². The molecule has 2 atom stereocenters. The highest BCUT2D eigenvalue weighted by molar-refractivity contribution is 5.85. The van der Waals surface area contributed by atoms with Crippen LogP contribution in [0.15, 0.2) is 42.6 Å². The predicted molar refractivity (Wildman–Crippen MR) is 130 cm³/mol. The van der Waals surface area contributed by atoms with Crippen molar-refractivity contribution < 1.29 is 22.3 Å². The van der Waals surface area contributed by atoms with Gasteiger partial charge in [-0.2, -0.15) is 13.2 Å². The highest BCUT2D eigenvalue weighted by Crippen LogP contribution is 2.40. The second-order valence-corrected chi connectivity index (χ2v) is 8.65. The van der Waals surface area contributed by atoms with E-state index in [1.807, 2.05) is 0 Å². The van der Waals surface area contributed by atoms with Gasteiger partial charge in [0.2, 0.25) is 0 Å². The normalized spacial score (nSPS) is 17.4. The Morgan fingerprint density at radius 3 is 2.67 bits per heavy atom. The van der Waals surface area contributed by atoms with Crippen molar-refractivity contribution in [1.82, 2.24) is 24.5 Å². The van der Waals surface area contributed by atoms with Crippen LogP contribution in [0.25, 0.3) is 28.1 Å². The van der Waals surface area contributed by atoms with Crippen LogP contribution in [0.4, 0.5) is 17.6 Å². The van der Waals surface area contributed by atoms with Crippen LogP contribution in [0.3, 0.4) is 0 Å². The van der Waals surface area contributed by atoms with Gasteiger partial charge in [0.15, 0.2) is 23.0 Å². The van der Waals surface area contributed by atoms with Crippen LogP contribution < -0.4 is 10.5 Å². The van der Waals surface area contributed by atoms with Crippen molar-refractivity contribution in [3.63, 3.8) is 0 Å². The smallest absolute Gasteiger partial charge is 0.408 e. The van der Waals surface area contributed by atoms with E-state index in [4.69, 9.17) is 10.5 Å². The Labute approximate surface area is 210 Å². The van der Waals surface area contributed by atoms with Crippen LogP contribution in [0, 0.1) is 11.7 Å². The van der Waals surface area contributed by atoms with Crippen LogP contribution >= 0.6 is 12.4 Å². The summed E-state index contributed by atoms with van der Waals surface area (Å²) in [4.78, 5) is 5.99. The van der Waals surface area contributed by atoms with E-state index in [1.165, 1.54) is 39.8 Å². The number of fused-ring (bicyclic) bond motifs is 2. The van der Waals surface area contributed by atoms with E-state index in [1.54, 1.807) is 19.1 Å². The molecule has 12 heteroatoms. The molecule has 5 rings (SSSR count). The summed E-state index contributed by atoms with van der Waals surface area (Å²) in [5.74, 6) is -0.0913. The van der Waals surface area contributed by atoms with Crippen molar-refractivity contribution in [2.75, 3.05) is 26.2 Å². The maximum atomic E-state index is 14.2. The van der Waals surface area contributed by atoms with Gasteiger partial charge in [0.05, 0.1) is 12.1 Å². The summed E-state index contributed by atoms with van der Waals surface area (Å²) in [6.07, 6.45) is -2.42. The van der Waals surface area contributed by atoms with Crippen LogP contribution in [0.1, 0.15) is 24.9 Å². The van der Waals surface area contributed by atoms with E-state index < -0.39 is 18.0 Å². The van der Waals surface area contributed by atoms with Crippen molar-refractivity contribution >= 4 is 29.0 Å². The van der Waals surface area contributed by atoms with Crippen molar-refractivity contribution in [3.05, 3.63) is 54.0 Å². The van der Waals surface area contributed by atoms with Crippen LogP contribution in [-0.4, -0.2) is 56.9 Å². The van der Waals surface area contributed by atoms with E-state index in [2.05, 4.69) is 15.2 Å². The summed E-state index contributed by atoms with van der Waals surface area (Å²) in [5, 5.41) is 8.83. The van der Waals surface area contributed by atoms with E-state index >= 15 is 0 Å². The van der Waals surface area contributed by atoms with E-state index in [0.29, 0.717) is 54.9 Å². The molecule has 192 valence electrons. The van der Waals surface area contributed by atoms with Gasteiger partial charge in [-0.3, -0.25) is 9.30 Å². The fourth-order valence-corrected chi connectivity index (χ4v) is 4.65. The molecule has 1 saturated heterocycles. The number of rotatable bonds is 6. The molecule has 1 aliphatic heterocycles. The SMILES string of the molecule is CCOc1cc2nc(-c3nnc4ccc([C@@H](N5CCC(CN)C5)C(F)(F)F)cn34)ccc2cc1F.Cl. The molecule has 1 aliphatic rings. The molecule has 1 unspecified atom stereocenters. The molecule has 0 saturated carbocycles. The van der Waals surface area contributed by atoms with E-state index in [0.717, 1.165) is 0 Å². The Bertz CT molecular complexity index is 1380. The first-order chi connectivity index (χ1) is 16.8. The van der Waals surface area contributed by atoms with Gasteiger partial charge in [0.1, 0.15) is 11.7 Å². The largest absolute Gasteiger partial charge is 0.491 e. The number of pyridine rings is 2. The van der Waals surface area contributed by atoms with Gasteiger partial charge < -0.3 is 10.5 Å². The molecule has 0 amide bonds. The first-order valence-electron chi connectivity index (χ1n) is 11.4. The fraction of sp³-hybridized carbons (Fsp3) is 0.375. The first-order valence-corrected chi connectivity index (χ1v) is 11.4. The molecule has 4 aromatic rings. The Morgan fingerprint density at radius 1 is 1.17 bits per heavy atom. The second-order valence-electron chi connectivity index (χ2n) is 8.65. The average Bonchev–Trinajstić information content (AvgIpc) is 3.46. The Morgan fingerprint density at radius 2 is 1.97 bits per heavy atom. The summed E-state index contributed by atoms with van der Waals surface area (Å²) in [6.45, 7) is 3.02. The highest BCUT2D eigenvalue weighted by Gasteiger charge is 2.46. The van der Waals surface area contributed by atoms with Crippen molar-refractivity contribution in [2.24, 2.45) is 11.7 Å². The van der Waals surface area contributed by atoms with Gasteiger partial charge in [-0.15, -0.1) is 22.6 Å². The number of benzene rings is 1. The molecule has 7 nitrogen and oxygen atoms in total. The fourth-order valence-electron chi connectivity index (χ4n) is 4.65. The third-order valence-electron chi connectivity index (χ3n) is 6.34. The Balaban J connectivity index is 0.00000304. The number of aromatic nitrogens is 4. The molecular weight excluding hydrogens is 500 g/mol. The van der Waals surface area contributed by atoms with Gasteiger partial charge in [0, 0.05) is 24.2 Å². The van der Waals surface area contributed by atoms with Crippen molar-refractivity contribution in [2.45, 2.75) is 25.6 Å². The molecule has 0 radical (unpaired) electrons. The molecule has 0 bridgehead atoms. The number of nitrogens with zero attached hydrogens (tertiary/aromatic N) is 5. The third kappa shape index (κ3) is 4.82. The lowest BCUT2D eigenvalue weighted by Crippen LogP contribution is -2.37. The molecule has 1 fully saturated rings. The average molecular weight is 525 g/mol. The zero-order valence-corrected chi connectivity index (χ0v) is 20.2. The summed E-state index contributed by atoms with van der Waals surface area (Å²) in [5.41, 5.74) is 7.04. The van der Waals surface area contributed by atoms with Crippen LogP contribution in [0.2, 0.25) is 0 Å². The molecule has 3 aromatic heterocycles. The summed E-state index contributed by atoms with van der Waals surface area (Å²) in [7, 11) is 0. The van der Waals surface area contributed by atoms with E-state index in [9.17, 15) is 17.6 Å². The molecule has 1 aromatic carbocycles. The number of halogens is 5. The second kappa shape index (κ2) is 10.2. The number of nitrogens with two attached hydrogens (primary N) is 1. The maximum Gasteiger partial charge on any atom is 0.408 e. The Kier molecular flexibility index (Phi) is 7.35. The maximum absolute atomic E-state index is 14.2. The standard InChI is InChI=1S/C24H24F4N6O.ClH/c1-2-35-20-10-19-15(9-17(20)25)3-5-18(30-19)23-32-31-21-6-4-16(13-34(21)23)22(24(26,27)28)33-8-7-14(11-29)12-33;/h3-6,9-10,13-14,22H,2,7-8,11-12,29H2,1H3;1H/t14?,22-;/m1./s1. The van der Waals surface area contributed by atoms with Gasteiger partial charge in [-0.1, -0.05) is 12.1 Å². The number of ether oxygens (including phenoxy) is 1. The van der Waals surface area contributed by atoms with Crippen LogP contribution in [-0.2, 0) is 0 Å². The number of hydrogen-bond donors (Lipinski definition) is 1. The number of hydrogen-bond acceptors (Lipinski definition) is 6. The first kappa shape index (κ1) is 26.1. The molecule has 0 aliphatic carbocycles. The molecular formula is C24H25ClF4N6O. The van der Waals surface area contributed by atoms with Crippen molar-refractivity contribution in [1.29, 1.82) is 0 Å². The van der Waals surface area contributed by atoms with Gasteiger partial charge >= 0.3 is 6.18 Å².